The number of aryl methyl sites for hydroxylation is 1. The summed E-state index contributed by atoms with van der Waals surface area (Å²) in [6.07, 6.45) is 1.52. The van der Waals surface area contributed by atoms with Crippen LogP contribution < -0.4 is 11.5 Å². The maximum atomic E-state index is 12.9. The first kappa shape index (κ1) is 11.4. The zero-order chi connectivity index (χ0) is 12.3. The van der Waals surface area contributed by atoms with Crippen molar-refractivity contribution >= 4 is 17.0 Å². The number of guanidine groups is 1. The fourth-order valence-corrected chi connectivity index (χ4v) is 1.61. The summed E-state index contributed by atoms with van der Waals surface area (Å²) >= 11 is 0. The van der Waals surface area contributed by atoms with Gasteiger partial charge in [-0.25, -0.2) is 9.37 Å². The molecule has 1 heterocycles. The second kappa shape index (κ2) is 4.82. The number of H-pyrrole nitrogens is 1. The number of imidazole rings is 1. The maximum Gasteiger partial charge on any atom is 0.185 e. The normalized spacial score (nSPS) is 10.6. The quantitative estimate of drug-likeness (QED) is 0.417. The van der Waals surface area contributed by atoms with Gasteiger partial charge in [-0.3, -0.25) is 4.99 Å². The highest BCUT2D eigenvalue weighted by Crippen LogP contribution is 2.13. The summed E-state index contributed by atoms with van der Waals surface area (Å²) in [4.78, 5) is 11.3. The van der Waals surface area contributed by atoms with E-state index in [1.165, 1.54) is 12.1 Å². The van der Waals surface area contributed by atoms with E-state index in [4.69, 9.17) is 11.5 Å². The Hall–Kier alpha value is -2.11. The number of aliphatic imine (C=N–C) groups is 1. The summed E-state index contributed by atoms with van der Waals surface area (Å²) in [6, 6.07) is 4.48. The van der Waals surface area contributed by atoms with E-state index < -0.39 is 0 Å². The lowest BCUT2D eigenvalue weighted by atomic mass is 10.3. The van der Waals surface area contributed by atoms with Gasteiger partial charge >= 0.3 is 0 Å². The molecule has 6 heteroatoms. The van der Waals surface area contributed by atoms with E-state index in [1.807, 2.05) is 0 Å². The molecule has 17 heavy (non-hydrogen) atoms. The first-order valence-corrected chi connectivity index (χ1v) is 5.34. The summed E-state index contributed by atoms with van der Waals surface area (Å²) in [5.74, 6) is 0.640. The molecule has 90 valence electrons. The zero-order valence-corrected chi connectivity index (χ0v) is 9.28. The van der Waals surface area contributed by atoms with Gasteiger partial charge in [0.15, 0.2) is 5.96 Å². The summed E-state index contributed by atoms with van der Waals surface area (Å²) < 4.78 is 12.9. The van der Waals surface area contributed by atoms with Crippen LogP contribution in [0.5, 0.6) is 0 Å². The Kier molecular flexibility index (Phi) is 3.22. The topological polar surface area (TPSA) is 93.1 Å². The van der Waals surface area contributed by atoms with E-state index >= 15 is 0 Å². The van der Waals surface area contributed by atoms with Gasteiger partial charge in [0.25, 0.3) is 0 Å². The van der Waals surface area contributed by atoms with E-state index in [-0.39, 0.29) is 11.8 Å². The van der Waals surface area contributed by atoms with E-state index in [0.29, 0.717) is 12.1 Å². The molecular weight excluding hydrogens is 221 g/mol. The average molecular weight is 235 g/mol. The van der Waals surface area contributed by atoms with Crippen LogP contribution in [0.3, 0.4) is 0 Å². The smallest absolute Gasteiger partial charge is 0.185 e. The van der Waals surface area contributed by atoms with Crippen molar-refractivity contribution in [2.45, 2.75) is 12.8 Å². The van der Waals surface area contributed by atoms with Crippen molar-refractivity contribution in [3.63, 3.8) is 0 Å². The van der Waals surface area contributed by atoms with E-state index in [9.17, 15) is 4.39 Å². The molecule has 0 saturated heterocycles. The van der Waals surface area contributed by atoms with Gasteiger partial charge in [0.1, 0.15) is 11.6 Å². The molecule has 0 unspecified atom stereocenters. The highest BCUT2D eigenvalue weighted by atomic mass is 19.1. The van der Waals surface area contributed by atoms with Crippen LogP contribution in [-0.2, 0) is 6.42 Å². The Morgan fingerprint density at radius 1 is 1.41 bits per heavy atom. The number of benzene rings is 1. The number of nitrogens with one attached hydrogen (secondary N) is 1. The molecule has 1 aromatic carbocycles. The number of hydrogen-bond donors (Lipinski definition) is 3. The van der Waals surface area contributed by atoms with Gasteiger partial charge < -0.3 is 16.5 Å². The molecule has 0 radical (unpaired) electrons. The lowest BCUT2D eigenvalue weighted by Gasteiger charge is -1.94. The molecule has 0 aliphatic rings. The Labute approximate surface area is 97.7 Å². The molecular formula is C11H14FN5. The SMILES string of the molecule is NC(N)=NCCCc1nc2ccc(F)cc2[nH]1. The molecule has 0 bridgehead atoms. The fraction of sp³-hybridized carbons (Fsp3) is 0.273. The largest absolute Gasteiger partial charge is 0.370 e. The van der Waals surface area contributed by atoms with E-state index in [2.05, 4.69) is 15.0 Å². The van der Waals surface area contributed by atoms with Crippen molar-refractivity contribution in [2.24, 2.45) is 16.5 Å². The fourth-order valence-electron chi connectivity index (χ4n) is 1.61. The third-order valence-electron chi connectivity index (χ3n) is 2.36. The minimum Gasteiger partial charge on any atom is -0.370 e. The van der Waals surface area contributed by atoms with Gasteiger partial charge in [0.2, 0.25) is 0 Å². The molecule has 0 amide bonds. The summed E-state index contributed by atoms with van der Waals surface area (Å²) in [6.45, 7) is 0.563. The van der Waals surface area contributed by atoms with Crippen LogP contribution in [0.1, 0.15) is 12.2 Å². The van der Waals surface area contributed by atoms with E-state index in [0.717, 1.165) is 24.2 Å². The molecule has 5 N–H and O–H groups in total. The highest BCUT2D eigenvalue weighted by Gasteiger charge is 2.03. The number of hydrogen-bond acceptors (Lipinski definition) is 2. The van der Waals surface area contributed by atoms with Crippen LogP contribution >= 0.6 is 0 Å². The van der Waals surface area contributed by atoms with Crippen LogP contribution in [-0.4, -0.2) is 22.5 Å². The Bertz CT molecular complexity index is 542. The predicted molar refractivity (Wildman–Crippen MR) is 65.0 cm³/mol. The molecule has 0 atom stereocenters. The number of aromatic nitrogens is 2. The van der Waals surface area contributed by atoms with E-state index in [1.54, 1.807) is 6.07 Å². The number of nitrogens with two attached hydrogens (primary N) is 2. The van der Waals surface area contributed by atoms with Gasteiger partial charge in [-0.05, 0) is 24.6 Å². The maximum absolute atomic E-state index is 12.9. The van der Waals surface area contributed by atoms with Crippen LogP contribution in [0.2, 0.25) is 0 Å². The molecule has 0 spiro atoms. The Morgan fingerprint density at radius 2 is 2.24 bits per heavy atom. The Morgan fingerprint density at radius 3 is 3.00 bits per heavy atom. The Balaban J connectivity index is 2.02. The van der Waals surface area contributed by atoms with Crippen LogP contribution in [0.25, 0.3) is 11.0 Å². The van der Waals surface area contributed by atoms with Crippen LogP contribution in [0, 0.1) is 5.82 Å². The molecule has 5 nitrogen and oxygen atoms in total. The second-order valence-electron chi connectivity index (χ2n) is 3.76. The third-order valence-corrected chi connectivity index (χ3v) is 2.36. The zero-order valence-electron chi connectivity index (χ0n) is 9.28. The molecule has 1 aromatic heterocycles. The lowest BCUT2D eigenvalue weighted by molar-refractivity contribution is 0.629. The average Bonchev–Trinajstić information content (AvgIpc) is 2.66. The van der Waals surface area contributed by atoms with Crippen molar-refractivity contribution in [1.29, 1.82) is 0 Å². The van der Waals surface area contributed by atoms with Crippen molar-refractivity contribution in [1.82, 2.24) is 9.97 Å². The summed E-state index contributed by atoms with van der Waals surface area (Å²) in [7, 11) is 0. The minimum atomic E-state index is -0.270. The second-order valence-corrected chi connectivity index (χ2v) is 3.76. The van der Waals surface area contributed by atoms with Crippen LogP contribution in [0.4, 0.5) is 4.39 Å². The molecule has 0 aliphatic carbocycles. The van der Waals surface area contributed by atoms with Crippen LogP contribution in [0.15, 0.2) is 23.2 Å². The van der Waals surface area contributed by atoms with Gasteiger partial charge in [-0.2, -0.15) is 0 Å². The van der Waals surface area contributed by atoms with Gasteiger partial charge in [-0.15, -0.1) is 0 Å². The molecule has 0 fully saturated rings. The first-order chi connectivity index (χ1) is 8.15. The molecule has 2 rings (SSSR count). The standard InChI is InChI=1S/C11H14FN5/c12-7-3-4-8-9(6-7)17-10(16-8)2-1-5-15-11(13)14/h3-4,6H,1-2,5H2,(H,16,17)(H4,13,14,15). The van der Waals surface area contributed by atoms with Gasteiger partial charge in [-0.1, -0.05) is 0 Å². The van der Waals surface area contributed by atoms with Crippen molar-refractivity contribution in [3.8, 4) is 0 Å². The summed E-state index contributed by atoms with van der Waals surface area (Å²) in [5, 5.41) is 0. The minimum absolute atomic E-state index is 0.0941. The van der Waals surface area contributed by atoms with Gasteiger partial charge in [0, 0.05) is 13.0 Å². The summed E-state index contributed by atoms with van der Waals surface area (Å²) in [5.41, 5.74) is 11.9. The monoisotopic (exact) mass is 235 g/mol. The van der Waals surface area contributed by atoms with Crippen molar-refractivity contribution in [2.75, 3.05) is 6.54 Å². The number of rotatable bonds is 4. The number of fused-ring (bicyclic) bond motifs is 1. The third kappa shape index (κ3) is 2.93. The molecule has 2 aromatic rings. The molecule has 0 saturated carbocycles. The number of aromatic amines is 1. The van der Waals surface area contributed by atoms with Crippen molar-refractivity contribution in [3.05, 3.63) is 29.8 Å². The molecule has 0 aliphatic heterocycles. The highest BCUT2D eigenvalue weighted by molar-refractivity contribution is 5.75. The van der Waals surface area contributed by atoms with Gasteiger partial charge in [0.05, 0.1) is 11.0 Å². The lowest BCUT2D eigenvalue weighted by Crippen LogP contribution is -2.23. The first-order valence-electron chi connectivity index (χ1n) is 5.34. The van der Waals surface area contributed by atoms with Crippen molar-refractivity contribution < 1.29 is 4.39 Å². The number of nitrogens with zero attached hydrogens (tertiary/aromatic N) is 2. The number of halogens is 1. The predicted octanol–water partition coefficient (Wildman–Crippen LogP) is 0.908.